The third-order valence-corrected chi connectivity index (χ3v) is 2.96. The van der Waals surface area contributed by atoms with Gasteiger partial charge in [-0.05, 0) is 23.8 Å². The molecule has 0 atom stereocenters. The Hall–Kier alpha value is -3.01. The predicted molar refractivity (Wildman–Crippen MR) is 87.1 cm³/mol. The minimum atomic E-state index is 0.699. The first-order valence-corrected chi connectivity index (χ1v) is 6.64. The lowest BCUT2D eigenvalue weighted by atomic mass is 10.2. The fourth-order valence-electron chi connectivity index (χ4n) is 1.95. The molecule has 0 amide bonds. The van der Waals surface area contributed by atoms with Crippen LogP contribution in [-0.4, -0.2) is 16.2 Å². The minimum Gasteiger partial charge on any atom is -0.261 e. The van der Waals surface area contributed by atoms with Crippen LogP contribution in [0.3, 0.4) is 0 Å². The monoisotopic (exact) mass is 274 g/mol. The van der Waals surface area contributed by atoms with Crippen molar-refractivity contribution in [2.45, 2.75) is 0 Å². The predicted octanol–water partition coefficient (Wildman–Crippen LogP) is 3.74. The van der Waals surface area contributed by atoms with Gasteiger partial charge in [0.1, 0.15) is 6.33 Å². The summed E-state index contributed by atoms with van der Waals surface area (Å²) in [6, 6.07) is 17.9. The van der Waals surface area contributed by atoms with Gasteiger partial charge in [-0.1, -0.05) is 48.5 Å². The largest absolute Gasteiger partial charge is 0.261 e. The van der Waals surface area contributed by atoms with Gasteiger partial charge in [-0.2, -0.15) is 5.10 Å². The van der Waals surface area contributed by atoms with Crippen molar-refractivity contribution in [3.05, 3.63) is 72.6 Å². The standard InChI is InChI=1S/C17H14N4/c1-2-7-14(8-3-1)9-6-12-20-21-17-15-10-4-5-11-16(15)18-13-19-17/h1-13H,(H,18,19,21). The molecule has 3 aromatic rings. The zero-order valence-electron chi connectivity index (χ0n) is 11.3. The van der Waals surface area contributed by atoms with E-state index in [1.165, 1.54) is 6.33 Å². The van der Waals surface area contributed by atoms with E-state index in [0.717, 1.165) is 16.5 Å². The molecule has 3 rings (SSSR count). The Morgan fingerprint density at radius 2 is 1.71 bits per heavy atom. The summed E-state index contributed by atoms with van der Waals surface area (Å²) < 4.78 is 0. The highest BCUT2D eigenvalue weighted by atomic mass is 15.3. The summed E-state index contributed by atoms with van der Waals surface area (Å²) in [7, 11) is 0. The lowest BCUT2D eigenvalue weighted by Gasteiger charge is -2.02. The molecule has 0 saturated heterocycles. The van der Waals surface area contributed by atoms with Gasteiger partial charge in [0.15, 0.2) is 5.82 Å². The number of aromatic nitrogens is 2. The quantitative estimate of drug-likeness (QED) is 0.582. The molecule has 4 heteroatoms. The molecular weight excluding hydrogens is 260 g/mol. The van der Waals surface area contributed by atoms with E-state index in [-0.39, 0.29) is 0 Å². The van der Waals surface area contributed by atoms with Crippen LogP contribution in [0.15, 0.2) is 72.1 Å². The van der Waals surface area contributed by atoms with Crippen LogP contribution in [0.5, 0.6) is 0 Å². The molecule has 1 N–H and O–H groups in total. The van der Waals surface area contributed by atoms with Crippen molar-refractivity contribution in [2.75, 3.05) is 5.43 Å². The summed E-state index contributed by atoms with van der Waals surface area (Å²) in [6.07, 6.45) is 7.10. The van der Waals surface area contributed by atoms with E-state index in [9.17, 15) is 0 Å². The highest BCUT2D eigenvalue weighted by Gasteiger charge is 1.99. The number of benzene rings is 2. The van der Waals surface area contributed by atoms with Crippen LogP contribution < -0.4 is 5.43 Å². The van der Waals surface area contributed by atoms with Crippen molar-refractivity contribution >= 4 is 29.0 Å². The van der Waals surface area contributed by atoms with Crippen LogP contribution >= 0.6 is 0 Å². The molecule has 102 valence electrons. The van der Waals surface area contributed by atoms with Gasteiger partial charge in [0, 0.05) is 11.6 Å². The van der Waals surface area contributed by atoms with Gasteiger partial charge in [0.25, 0.3) is 0 Å². The van der Waals surface area contributed by atoms with Crippen LogP contribution in [0.25, 0.3) is 17.0 Å². The van der Waals surface area contributed by atoms with Gasteiger partial charge in [0.05, 0.1) is 5.52 Å². The highest BCUT2D eigenvalue weighted by Crippen LogP contribution is 2.17. The van der Waals surface area contributed by atoms with Crippen molar-refractivity contribution in [1.29, 1.82) is 0 Å². The van der Waals surface area contributed by atoms with Gasteiger partial charge in [0.2, 0.25) is 0 Å². The van der Waals surface area contributed by atoms with Gasteiger partial charge >= 0.3 is 0 Å². The number of hydrogen-bond donors (Lipinski definition) is 1. The Morgan fingerprint density at radius 3 is 2.62 bits per heavy atom. The molecule has 0 aliphatic heterocycles. The third-order valence-electron chi connectivity index (χ3n) is 2.96. The van der Waals surface area contributed by atoms with Crippen LogP contribution in [0, 0.1) is 0 Å². The fraction of sp³-hybridized carbons (Fsp3) is 0. The van der Waals surface area contributed by atoms with E-state index in [1.807, 2.05) is 66.7 Å². The normalized spacial score (nSPS) is 11.4. The summed E-state index contributed by atoms with van der Waals surface area (Å²) in [5, 5.41) is 5.10. The number of nitrogens with zero attached hydrogens (tertiary/aromatic N) is 3. The molecular formula is C17H14N4. The van der Waals surface area contributed by atoms with Gasteiger partial charge in [-0.15, -0.1) is 0 Å². The summed E-state index contributed by atoms with van der Waals surface area (Å²) in [5.41, 5.74) is 4.97. The van der Waals surface area contributed by atoms with E-state index in [2.05, 4.69) is 20.5 Å². The first-order valence-electron chi connectivity index (χ1n) is 6.64. The van der Waals surface area contributed by atoms with E-state index in [0.29, 0.717) is 5.82 Å². The Labute approximate surface area is 122 Å². The molecule has 1 heterocycles. The fourth-order valence-corrected chi connectivity index (χ4v) is 1.95. The first kappa shape index (κ1) is 13.0. The van der Waals surface area contributed by atoms with Crippen molar-refractivity contribution in [1.82, 2.24) is 9.97 Å². The second kappa shape index (κ2) is 6.43. The van der Waals surface area contributed by atoms with E-state index >= 15 is 0 Å². The van der Waals surface area contributed by atoms with Gasteiger partial charge < -0.3 is 0 Å². The van der Waals surface area contributed by atoms with E-state index < -0.39 is 0 Å². The maximum absolute atomic E-state index is 4.21. The number of fused-ring (bicyclic) bond motifs is 1. The average molecular weight is 274 g/mol. The number of hydrazone groups is 1. The van der Waals surface area contributed by atoms with Crippen molar-refractivity contribution in [2.24, 2.45) is 5.10 Å². The SMILES string of the molecule is C(=Cc1ccccc1)C=NNc1ncnc2ccccc12. The average Bonchev–Trinajstić information content (AvgIpc) is 2.56. The van der Waals surface area contributed by atoms with Crippen LogP contribution in [0.4, 0.5) is 5.82 Å². The van der Waals surface area contributed by atoms with Crippen molar-refractivity contribution in [3.63, 3.8) is 0 Å². The lowest BCUT2D eigenvalue weighted by molar-refractivity contribution is 1.18. The number of anilines is 1. The second-order valence-electron chi connectivity index (χ2n) is 4.40. The van der Waals surface area contributed by atoms with Crippen molar-refractivity contribution in [3.8, 4) is 0 Å². The highest BCUT2D eigenvalue weighted by molar-refractivity contribution is 5.89. The smallest absolute Gasteiger partial charge is 0.157 e. The van der Waals surface area contributed by atoms with Crippen LogP contribution in [0.1, 0.15) is 5.56 Å². The molecule has 0 fully saturated rings. The molecule has 0 unspecified atom stereocenters. The molecule has 0 bridgehead atoms. The topological polar surface area (TPSA) is 50.2 Å². The summed E-state index contributed by atoms with van der Waals surface area (Å²) >= 11 is 0. The minimum absolute atomic E-state index is 0.699. The molecule has 0 spiro atoms. The molecule has 0 aliphatic carbocycles. The summed E-state index contributed by atoms with van der Waals surface area (Å²) in [6.45, 7) is 0. The zero-order valence-corrected chi connectivity index (χ0v) is 11.3. The summed E-state index contributed by atoms with van der Waals surface area (Å²) in [5.74, 6) is 0.699. The number of hydrogen-bond acceptors (Lipinski definition) is 4. The second-order valence-corrected chi connectivity index (χ2v) is 4.40. The first-order chi connectivity index (χ1) is 10.4. The number of rotatable bonds is 4. The lowest BCUT2D eigenvalue weighted by Crippen LogP contribution is -1.94. The van der Waals surface area contributed by atoms with Gasteiger partial charge in [-0.25, -0.2) is 9.97 Å². The molecule has 4 nitrogen and oxygen atoms in total. The van der Waals surface area contributed by atoms with Crippen LogP contribution in [0.2, 0.25) is 0 Å². The maximum Gasteiger partial charge on any atom is 0.157 e. The molecule has 2 aromatic carbocycles. The Bertz CT molecular complexity index is 774. The molecule has 1 aromatic heterocycles. The molecule has 0 saturated carbocycles. The van der Waals surface area contributed by atoms with E-state index in [4.69, 9.17) is 0 Å². The zero-order chi connectivity index (χ0) is 14.3. The molecule has 21 heavy (non-hydrogen) atoms. The van der Waals surface area contributed by atoms with Gasteiger partial charge in [-0.3, -0.25) is 5.43 Å². The Balaban J connectivity index is 1.69. The van der Waals surface area contributed by atoms with E-state index in [1.54, 1.807) is 6.21 Å². The molecule has 0 aliphatic rings. The number of allylic oxidation sites excluding steroid dienone is 1. The third kappa shape index (κ3) is 3.30. The van der Waals surface area contributed by atoms with Crippen molar-refractivity contribution < 1.29 is 0 Å². The van der Waals surface area contributed by atoms with Crippen LogP contribution in [-0.2, 0) is 0 Å². The maximum atomic E-state index is 4.21. The Morgan fingerprint density at radius 1 is 0.905 bits per heavy atom. The number of para-hydroxylation sites is 1. The number of nitrogens with one attached hydrogen (secondary N) is 1. The summed E-state index contributed by atoms with van der Waals surface area (Å²) in [4.78, 5) is 8.41. The molecule has 0 radical (unpaired) electrons. The Kier molecular flexibility index (Phi) is 3.98.